The zero-order chi connectivity index (χ0) is 37.7. The summed E-state index contributed by atoms with van der Waals surface area (Å²) in [5, 5.41) is 52.7. The van der Waals surface area contributed by atoms with E-state index in [0.717, 1.165) is 28.2 Å². The van der Waals surface area contributed by atoms with Crippen LogP contribution in [0.3, 0.4) is 0 Å². The molecule has 0 fully saturated rings. The van der Waals surface area contributed by atoms with Gasteiger partial charge >= 0.3 is 0 Å². The Morgan fingerprint density at radius 3 is 1.44 bits per heavy atom. The van der Waals surface area contributed by atoms with Gasteiger partial charge in [0.2, 0.25) is 17.2 Å². The molecule has 268 valence electrons. The summed E-state index contributed by atoms with van der Waals surface area (Å²) in [7, 11) is 1.54. The van der Waals surface area contributed by atoms with Gasteiger partial charge < -0.3 is 40.1 Å². The van der Waals surface area contributed by atoms with Gasteiger partial charge in [-0.3, -0.25) is 0 Å². The number of aromatic hydroxyl groups is 5. The van der Waals surface area contributed by atoms with Crippen LogP contribution in [0.15, 0.2) is 146 Å². The average molecular weight is 715 g/mol. The molecule has 0 atom stereocenters. The Labute approximate surface area is 313 Å². The molecule has 7 aromatic carbocycles. The predicted octanol–water partition coefficient (Wildman–Crippen LogP) is 11.1. The molecule has 7 aromatic rings. The van der Waals surface area contributed by atoms with Gasteiger partial charge in [0, 0.05) is 33.9 Å². The first-order valence-electron chi connectivity index (χ1n) is 17.5. The first-order valence-corrected chi connectivity index (χ1v) is 17.5. The van der Waals surface area contributed by atoms with Crippen LogP contribution >= 0.6 is 0 Å². The minimum absolute atomic E-state index is 0.135. The summed E-state index contributed by atoms with van der Waals surface area (Å²) in [6.07, 6.45) is 0. The number of phenolic OH excluding ortho intramolecular Hbond substituents is 5. The number of ether oxygens (including phenoxy) is 1. The maximum atomic E-state index is 10.9. The summed E-state index contributed by atoms with van der Waals surface area (Å²) < 4.78 is 5.30. The predicted molar refractivity (Wildman–Crippen MR) is 214 cm³/mol. The molecule has 8 heteroatoms. The first-order chi connectivity index (χ1) is 26.1. The Hall–Kier alpha value is -7.06. The van der Waals surface area contributed by atoms with Crippen molar-refractivity contribution in [2.24, 2.45) is 0 Å². The fraction of sp³-hybridized carbons (Fsp3) is 0.0870. The number of benzene rings is 7. The standard InChI is InChI=1S/C46H38N2O6/c1-46(2)38-12-8-7-11-36(38)37-26-23-34(27-39(37)46)47(30-9-5-4-6-10-30)31-17-13-28(14-18-31)29-15-19-32(20-16-29)48(33-21-24-35(54-3)25-22-33)40-41(49)43(51)45(53)44(52)42(40)50/h4-27,49-53H,1-3H3. The van der Waals surface area contributed by atoms with Crippen LogP contribution in [0.2, 0.25) is 0 Å². The van der Waals surface area contributed by atoms with E-state index in [1.807, 2.05) is 30.3 Å². The maximum Gasteiger partial charge on any atom is 0.208 e. The van der Waals surface area contributed by atoms with Crippen molar-refractivity contribution in [2.45, 2.75) is 19.3 Å². The van der Waals surface area contributed by atoms with Crippen LogP contribution in [0.4, 0.5) is 34.1 Å². The smallest absolute Gasteiger partial charge is 0.208 e. The molecule has 54 heavy (non-hydrogen) atoms. The summed E-state index contributed by atoms with van der Waals surface area (Å²) in [4.78, 5) is 3.73. The molecule has 0 spiro atoms. The monoisotopic (exact) mass is 714 g/mol. The van der Waals surface area contributed by atoms with E-state index in [0.29, 0.717) is 17.1 Å². The molecule has 0 aromatic heterocycles. The van der Waals surface area contributed by atoms with E-state index in [4.69, 9.17) is 4.74 Å². The van der Waals surface area contributed by atoms with Crippen molar-refractivity contribution in [1.82, 2.24) is 0 Å². The van der Waals surface area contributed by atoms with Crippen molar-refractivity contribution in [2.75, 3.05) is 16.9 Å². The van der Waals surface area contributed by atoms with Crippen molar-refractivity contribution in [3.63, 3.8) is 0 Å². The van der Waals surface area contributed by atoms with Crippen LogP contribution < -0.4 is 14.5 Å². The van der Waals surface area contributed by atoms with Gasteiger partial charge in [-0.25, -0.2) is 0 Å². The minimum atomic E-state index is -1.03. The van der Waals surface area contributed by atoms with E-state index in [1.165, 1.54) is 34.3 Å². The lowest BCUT2D eigenvalue weighted by atomic mass is 9.82. The van der Waals surface area contributed by atoms with Crippen LogP contribution in [0, 0.1) is 0 Å². The summed E-state index contributed by atoms with van der Waals surface area (Å²) in [6.45, 7) is 4.57. The second-order valence-electron chi connectivity index (χ2n) is 13.8. The Kier molecular flexibility index (Phi) is 8.30. The first kappa shape index (κ1) is 34.0. The molecule has 0 aliphatic heterocycles. The van der Waals surface area contributed by atoms with Crippen molar-refractivity contribution in [3.8, 4) is 56.8 Å². The molecule has 0 bridgehead atoms. The Bertz CT molecular complexity index is 2470. The van der Waals surface area contributed by atoms with Gasteiger partial charge in [-0.15, -0.1) is 0 Å². The van der Waals surface area contributed by atoms with Crippen molar-refractivity contribution in [1.29, 1.82) is 0 Å². The molecule has 8 rings (SSSR count). The highest BCUT2D eigenvalue weighted by molar-refractivity contribution is 5.90. The third-order valence-electron chi connectivity index (χ3n) is 10.3. The number of anilines is 6. The molecule has 0 unspecified atom stereocenters. The van der Waals surface area contributed by atoms with Crippen molar-refractivity contribution >= 4 is 34.1 Å². The van der Waals surface area contributed by atoms with Gasteiger partial charge in [0.15, 0.2) is 11.5 Å². The van der Waals surface area contributed by atoms with Crippen molar-refractivity contribution < 1.29 is 30.3 Å². The normalized spacial score (nSPS) is 12.5. The Morgan fingerprint density at radius 2 is 0.870 bits per heavy atom. The fourth-order valence-corrected chi connectivity index (χ4v) is 7.48. The van der Waals surface area contributed by atoms with Crippen LogP contribution in [0.5, 0.6) is 34.5 Å². The molecule has 0 amide bonds. The second kappa shape index (κ2) is 13.2. The van der Waals surface area contributed by atoms with Crippen LogP contribution in [0.1, 0.15) is 25.0 Å². The zero-order valence-electron chi connectivity index (χ0n) is 29.9. The topological polar surface area (TPSA) is 117 Å². The highest BCUT2D eigenvalue weighted by Crippen LogP contribution is 2.58. The lowest BCUT2D eigenvalue weighted by molar-refractivity contribution is 0.329. The van der Waals surface area contributed by atoms with E-state index in [2.05, 4.69) is 97.6 Å². The number of nitrogens with zero attached hydrogens (tertiary/aromatic N) is 2. The molecule has 8 nitrogen and oxygen atoms in total. The summed E-state index contributed by atoms with van der Waals surface area (Å²) in [5.74, 6) is -3.99. The highest BCUT2D eigenvalue weighted by Gasteiger charge is 2.36. The lowest BCUT2D eigenvalue weighted by Crippen LogP contribution is -2.16. The SMILES string of the molecule is COc1ccc(N(c2ccc(-c3ccc(N(c4ccccc4)c4ccc5c(c4)C(C)(C)c4ccccc4-5)cc3)cc2)c2c(O)c(O)c(O)c(O)c2O)cc1. The average Bonchev–Trinajstić information content (AvgIpc) is 3.44. The van der Waals surface area contributed by atoms with E-state index < -0.39 is 28.7 Å². The number of hydrogen-bond donors (Lipinski definition) is 5. The Balaban J connectivity index is 1.15. The third kappa shape index (κ3) is 5.56. The van der Waals surface area contributed by atoms with E-state index >= 15 is 0 Å². The number of fused-ring (bicyclic) bond motifs is 3. The molecule has 5 N–H and O–H groups in total. The Morgan fingerprint density at radius 1 is 0.426 bits per heavy atom. The van der Waals surface area contributed by atoms with E-state index in [-0.39, 0.29) is 11.1 Å². The quantitative estimate of drug-likeness (QED) is 0.0780. The largest absolute Gasteiger partial charge is 0.503 e. The number of para-hydroxylation sites is 1. The highest BCUT2D eigenvalue weighted by atomic mass is 16.5. The molecule has 1 aliphatic rings. The molecule has 0 radical (unpaired) electrons. The minimum Gasteiger partial charge on any atom is -0.503 e. The van der Waals surface area contributed by atoms with Gasteiger partial charge in [0.1, 0.15) is 11.4 Å². The van der Waals surface area contributed by atoms with Crippen LogP contribution in [-0.2, 0) is 5.41 Å². The van der Waals surface area contributed by atoms with Gasteiger partial charge in [0.05, 0.1) is 7.11 Å². The van der Waals surface area contributed by atoms with Gasteiger partial charge in [-0.05, 0) is 106 Å². The van der Waals surface area contributed by atoms with Gasteiger partial charge in [-0.2, -0.15) is 0 Å². The number of rotatable bonds is 8. The van der Waals surface area contributed by atoms with E-state index in [1.54, 1.807) is 36.4 Å². The summed E-state index contributed by atoms with van der Waals surface area (Å²) in [6, 6.07) is 48.3. The fourth-order valence-electron chi connectivity index (χ4n) is 7.48. The number of phenols is 5. The second-order valence-corrected chi connectivity index (χ2v) is 13.8. The van der Waals surface area contributed by atoms with Gasteiger partial charge in [0.25, 0.3) is 0 Å². The van der Waals surface area contributed by atoms with Crippen molar-refractivity contribution in [3.05, 3.63) is 157 Å². The van der Waals surface area contributed by atoms with Gasteiger partial charge in [-0.1, -0.05) is 86.6 Å². The molecule has 0 heterocycles. The van der Waals surface area contributed by atoms with Crippen LogP contribution in [-0.4, -0.2) is 32.6 Å². The third-order valence-corrected chi connectivity index (χ3v) is 10.3. The summed E-state index contributed by atoms with van der Waals surface area (Å²) >= 11 is 0. The zero-order valence-corrected chi connectivity index (χ0v) is 29.9. The van der Waals surface area contributed by atoms with Crippen LogP contribution in [0.25, 0.3) is 22.3 Å². The molecular weight excluding hydrogens is 677 g/mol. The maximum absolute atomic E-state index is 10.9. The number of hydrogen-bond acceptors (Lipinski definition) is 8. The molecule has 0 saturated heterocycles. The lowest BCUT2D eigenvalue weighted by Gasteiger charge is -2.28. The molecular formula is C46H38N2O6. The van der Waals surface area contributed by atoms with E-state index in [9.17, 15) is 25.5 Å². The molecule has 0 saturated carbocycles. The molecule has 1 aliphatic carbocycles. The summed E-state index contributed by atoms with van der Waals surface area (Å²) in [5.41, 5.74) is 10.7. The number of methoxy groups -OCH3 is 1.